The van der Waals surface area contributed by atoms with Gasteiger partial charge in [-0.2, -0.15) is 0 Å². The van der Waals surface area contributed by atoms with Crippen LogP contribution in [0.2, 0.25) is 0 Å². The first kappa shape index (κ1) is 13.9. The number of nitrogens with one attached hydrogen (secondary N) is 1. The Morgan fingerprint density at radius 2 is 1.75 bits per heavy atom. The van der Waals surface area contributed by atoms with E-state index in [1.807, 2.05) is 0 Å². The lowest BCUT2D eigenvalue weighted by atomic mass is 10.1. The van der Waals surface area contributed by atoms with E-state index in [-0.39, 0.29) is 11.6 Å². The highest BCUT2D eigenvalue weighted by Gasteiger charge is 2.21. The van der Waals surface area contributed by atoms with E-state index >= 15 is 0 Å². The number of anilines is 1. The van der Waals surface area contributed by atoms with Crippen LogP contribution in [0.1, 0.15) is 11.6 Å². The maximum Gasteiger partial charge on any atom is 0.332 e. The number of hydrogen-bond acceptors (Lipinski definition) is 4. The molecule has 0 saturated heterocycles. The van der Waals surface area contributed by atoms with E-state index in [0.717, 1.165) is 0 Å². The van der Waals surface area contributed by atoms with Gasteiger partial charge in [-0.1, -0.05) is 12.1 Å². The van der Waals surface area contributed by atoms with Gasteiger partial charge in [0.25, 0.3) is 0 Å². The zero-order chi connectivity index (χ0) is 14.5. The normalized spacial score (nSPS) is 11.7. The second-order valence-electron chi connectivity index (χ2n) is 4.20. The minimum absolute atomic E-state index is 0.110. The van der Waals surface area contributed by atoms with Crippen molar-refractivity contribution in [2.75, 3.05) is 12.4 Å². The molecule has 2 aromatic carbocycles. The summed E-state index contributed by atoms with van der Waals surface area (Å²) in [7, 11) is 1.29. The van der Waals surface area contributed by atoms with Crippen LogP contribution in [-0.2, 0) is 9.53 Å². The van der Waals surface area contributed by atoms with E-state index < -0.39 is 12.0 Å². The largest absolute Gasteiger partial charge is 0.508 e. The number of rotatable bonds is 4. The summed E-state index contributed by atoms with van der Waals surface area (Å²) in [4.78, 5) is 11.8. The molecule has 0 amide bonds. The SMILES string of the molecule is COC(=O)C(Nc1ccc(F)cc1)c1ccc(O)cc1. The second kappa shape index (κ2) is 6.06. The van der Waals surface area contributed by atoms with Crippen LogP contribution >= 0.6 is 0 Å². The maximum absolute atomic E-state index is 12.9. The van der Waals surface area contributed by atoms with E-state index in [2.05, 4.69) is 5.32 Å². The molecule has 5 heteroatoms. The van der Waals surface area contributed by atoms with E-state index in [0.29, 0.717) is 11.3 Å². The van der Waals surface area contributed by atoms with E-state index in [1.165, 1.54) is 43.5 Å². The molecule has 104 valence electrons. The smallest absolute Gasteiger partial charge is 0.332 e. The Morgan fingerprint density at radius 1 is 1.15 bits per heavy atom. The number of carbonyl (C=O) groups is 1. The van der Waals surface area contributed by atoms with Gasteiger partial charge in [0.05, 0.1) is 7.11 Å². The highest BCUT2D eigenvalue weighted by molar-refractivity contribution is 5.81. The summed E-state index contributed by atoms with van der Waals surface area (Å²) < 4.78 is 17.6. The predicted molar refractivity (Wildman–Crippen MR) is 72.9 cm³/mol. The van der Waals surface area contributed by atoms with Crippen LogP contribution in [-0.4, -0.2) is 18.2 Å². The summed E-state index contributed by atoms with van der Waals surface area (Å²) in [5, 5.41) is 12.2. The first-order valence-corrected chi connectivity index (χ1v) is 5.99. The molecule has 0 fully saturated rings. The summed E-state index contributed by atoms with van der Waals surface area (Å²) in [5.74, 6) is -0.714. The highest BCUT2D eigenvalue weighted by atomic mass is 19.1. The van der Waals surface area contributed by atoms with Gasteiger partial charge in [-0.25, -0.2) is 9.18 Å². The number of methoxy groups -OCH3 is 1. The average molecular weight is 275 g/mol. The van der Waals surface area contributed by atoms with Crippen LogP contribution in [0.5, 0.6) is 5.75 Å². The van der Waals surface area contributed by atoms with Crippen molar-refractivity contribution >= 4 is 11.7 Å². The molecule has 0 aliphatic heterocycles. The molecule has 0 aliphatic rings. The van der Waals surface area contributed by atoms with Crippen molar-refractivity contribution in [2.45, 2.75) is 6.04 Å². The summed E-state index contributed by atoms with van der Waals surface area (Å²) in [6, 6.07) is 11.1. The molecular formula is C15H14FNO3. The number of ether oxygens (including phenoxy) is 1. The Hall–Kier alpha value is -2.56. The van der Waals surface area contributed by atoms with Crippen molar-refractivity contribution in [3.05, 3.63) is 59.9 Å². The van der Waals surface area contributed by atoms with Gasteiger partial charge >= 0.3 is 5.97 Å². The van der Waals surface area contributed by atoms with Gasteiger partial charge in [-0.05, 0) is 42.0 Å². The zero-order valence-corrected chi connectivity index (χ0v) is 10.8. The molecule has 2 rings (SSSR count). The van der Waals surface area contributed by atoms with Crippen LogP contribution in [0.3, 0.4) is 0 Å². The van der Waals surface area contributed by atoms with Crippen molar-refractivity contribution in [1.82, 2.24) is 0 Å². The van der Waals surface area contributed by atoms with Crippen molar-refractivity contribution in [3.8, 4) is 5.75 Å². The topological polar surface area (TPSA) is 58.6 Å². The zero-order valence-electron chi connectivity index (χ0n) is 10.8. The Labute approximate surface area is 115 Å². The third-order valence-electron chi connectivity index (χ3n) is 2.82. The minimum Gasteiger partial charge on any atom is -0.508 e. The molecule has 2 aromatic rings. The molecule has 0 heterocycles. The molecule has 0 spiro atoms. The fraction of sp³-hybridized carbons (Fsp3) is 0.133. The van der Waals surface area contributed by atoms with Crippen molar-refractivity contribution < 1.29 is 19.0 Å². The molecule has 2 N–H and O–H groups in total. The number of halogens is 1. The minimum atomic E-state index is -0.730. The number of phenols is 1. The quantitative estimate of drug-likeness (QED) is 0.842. The summed E-state index contributed by atoms with van der Waals surface area (Å²) in [6.45, 7) is 0. The lowest BCUT2D eigenvalue weighted by molar-refractivity contribution is -0.141. The number of carbonyl (C=O) groups excluding carboxylic acids is 1. The Balaban J connectivity index is 2.26. The lowest BCUT2D eigenvalue weighted by Gasteiger charge is -2.18. The van der Waals surface area contributed by atoms with E-state index in [1.54, 1.807) is 12.1 Å². The maximum atomic E-state index is 12.9. The van der Waals surface area contributed by atoms with Gasteiger partial charge in [-0.3, -0.25) is 0 Å². The molecule has 4 nitrogen and oxygen atoms in total. The summed E-state index contributed by atoms with van der Waals surface area (Å²) in [6.07, 6.45) is 0. The fourth-order valence-corrected chi connectivity index (χ4v) is 1.78. The van der Waals surface area contributed by atoms with Gasteiger partial charge in [0.1, 0.15) is 11.6 Å². The highest BCUT2D eigenvalue weighted by Crippen LogP contribution is 2.23. The third-order valence-corrected chi connectivity index (χ3v) is 2.82. The van der Waals surface area contributed by atoms with Gasteiger partial charge in [-0.15, -0.1) is 0 Å². The van der Waals surface area contributed by atoms with Gasteiger partial charge in [0.15, 0.2) is 6.04 Å². The molecule has 0 radical (unpaired) electrons. The van der Waals surface area contributed by atoms with Gasteiger partial charge in [0, 0.05) is 5.69 Å². The summed E-state index contributed by atoms with van der Waals surface area (Å²) >= 11 is 0. The summed E-state index contributed by atoms with van der Waals surface area (Å²) in [5.41, 5.74) is 1.23. The average Bonchev–Trinajstić information content (AvgIpc) is 2.47. The van der Waals surface area contributed by atoms with Gasteiger partial charge < -0.3 is 15.2 Å². The first-order chi connectivity index (χ1) is 9.60. The molecule has 0 bridgehead atoms. The number of aromatic hydroxyl groups is 1. The lowest BCUT2D eigenvalue weighted by Crippen LogP contribution is -2.22. The second-order valence-corrected chi connectivity index (χ2v) is 4.20. The van der Waals surface area contributed by atoms with Gasteiger partial charge in [0.2, 0.25) is 0 Å². The van der Waals surface area contributed by atoms with E-state index in [9.17, 15) is 14.3 Å². The number of benzene rings is 2. The Morgan fingerprint density at radius 3 is 2.30 bits per heavy atom. The number of esters is 1. The number of phenolic OH excluding ortho intramolecular Hbond substituents is 1. The molecule has 1 atom stereocenters. The molecular weight excluding hydrogens is 261 g/mol. The van der Waals surface area contributed by atoms with Crippen LogP contribution in [0, 0.1) is 5.82 Å². The Kier molecular flexibility index (Phi) is 4.20. The van der Waals surface area contributed by atoms with Crippen LogP contribution in [0.4, 0.5) is 10.1 Å². The predicted octanol–water partition coefficient (Wildman–Crippen LogP) is 2.86. The molecule has 0 aliphatic carbocycles. The monoisotopic (exact) mass is 275 g/mol. The fourth-order valence-electron chi connectivity index (χ4n) is 1.78. The molecule has 0 saturated carbocycles. The number of hydrogen-bond donors (Lipinski definition) is 2. The van der Waals surface area contributed by atoms with Crippen LogP contribution in [0.25, 0.3) is 0 Å². The van der Waals surface area contributed by atoms with Crippen LogP contribution < -0.4 is 5.32 Å². The first-order valence-electron chi connectivity index (χ1n) is 5.99. The van der Waals surface area contributed by atoms with Crippen LogP contribution in [0.15, 0.2) is 48.5 Å². The third kappa shape index (κ3) is 3.26. The van der Waals surface area contributed by atoms with Crippen molar-refractivity contribution in [2.24, 2.45) is 0 Å². The standard InChI is InChI=1S/C15H14FNO3/c1-20-15(19)14(10-2-8-13(18)9-3-10)17-12-6-4-11(16)5-7-12/h2-9,14,17-18H,1H3. The molecule has 0 aromatic heterocycles. The molecule has 1 unspecified atom stereocenters. The van der Waals surface area contributed by atoms with E-state index in [4.69, 9.17) is 4.74 Å². The Bertz CT molecular complexity index is 581. The molecule has 20 heavy (non-hydrogen) atoms. The van der Waals surface area contributed by atoms with Crippen molar-refractivity contribution in [1.29, 1.82) is 0 Å². The van der Waals surface area contributed by atoms with Crippen molar-refractivity contribution in [3.63, 3.8) is 0 Å².